The van der Waals surface area contributed by atoms with Gasteiger partial charge in [0.25, 0.3) is 11.7 Å². The third kappa shape index (κ3) is 3.39. The first-order chi connectivity index (χ1) is 18.0. The van der Waals surface area contributed by atoms with E-state index in [2.05, 4.69) is 4.98 Å². The molecule has 0 radical (unpaired) electrons. The van der Waals surface area contributed by atoms with Crippen LogP contribution in [-0.2, 0) is 9.59 Å². The number of ketones is 1. The van der Waals surface area contributed by atoms with Crippen LogP contribution in [0.2, 0.25) is 0 Å². The number of hydrogen-bond donors (Lipinski definition) is 2. The lowest BCUT2D eigenvalue weighted by molar-refractivity contribution is -0.132. The number of Topliss-reactive ketones (excluding diaryl/α,β-unsaturated/α-hetero) is 1. The number of carbonyl (C=O) groups excluding carboxylic acids is 2. The van der Waals surface area contributed by atoms with Gasteiger partial charge in [-0.15, -0.1) is 0 Å². The van der Waals surface area contributed by atoms with Gasteiger partial charge in [-0.1, -0.05) is 24.3 Å². The Bertz CT molecular complexity index is 1580. The number of aromatic amines is 1. The van der Waals surface area contributed by atoms with Crippen LogP contribution in [0.3, 0.4) is 0 Å². The highest BCUT2D eigenvalue weighted by Crippen LogP contribution is 2.48. The summed E-state index contributed by atoms with van der Waals surface area (Å²) < 4.78 is 21.9. The predicted molar refractivity (Wildman–Crippen MR) is 135 cm³/mol. The minimum absolute atomic E-state index is 0.0665. The second-order valence-electron chi connectivity index (χ2n) is 8.53. The molecule has 2 N–H and O–H groups in total. The lowest BCUT2D eigenvalue weighted by Gasteiger charge is -2.25. The lowest BCUT2D eigenvalue weighted by atomic mass is 9.94. The molecule has 1 fully saturated rings. The summed E-state index contributed by atoms with van der Waals surface area (Å²) >= 11 is 0. The maximum Gasteiger partial charge on any atom is 0.300 e. The van der Waals surface area contributed by atoms with E-state index in [1.807, 2.05) is 24.3 Å². The van der Waals surface area contributed by atoms with Gasteiger partial charge in [-0.3, -0.25) is 14.5 Å². The van der Waals surface area contributed by atoms with Crippen LogP contribution in [0.25, 0.3) is 16.7 Å². The molecule has 3 aromatic carbocycles. The molecule has 6 rings (SSSR count). The highest BCUT2D eigenvalue weighted by Gasteiger charge is 2.48. The first kappa shape index (κ1) is 22.5. The standard InChI is InChI=1S/C28H22N2O7/c1-34-20-8-5-9-21(35-2)23(20)26(31)24-25(17-13-29-18-7-4-3-6-16(17)18)30(28(33)27(24)32)15-10-11-19-22(12-15)37-14-36-19/h3-13,25,29,31H,14H2,1-2H3/b26-24+. The van der Waals surface area contributed by atoms with Crippen LogP contribution in [0, 0.1) is 0 Å². The summed E-state index contributed by atoms with van der Waals surface area (Å²) in [5.74, 6) is -0.423. The number of fused-ring (bicyclic) bond motifs is 2. The van der Waals surface area contributed by atoms with Crippen LogP contribution < -0.4 is 23.8 Å². The van der Waals surface area contributed by atoms with Gasteiger partial charge < -0.3 is 29.0 Å². The Morgan fingerprint density at radius 2 is 1.70 bits per heavy atom. The van der Waals surface area contributed by atoms with Gasteiger partial charge in [0.1, 0.15) is 22.8 Å². The summed E-state index contributed by atoms with van der Waals surface area (Å²) in [5.41, 5.74) is 1.98. The molecule has 1 amide bonds. The SMILES string of the molecule is COc1cccc(OC)c1/C(O)=C1\C(=O)C(=O)N(c2ccc3c(c2)OCO3)C1c1c[nH]c2ccccc12. The molecule has 9 nitrogen and oxygen atoms in total. The number of para-hydroxylation sites is 1. The van der Waals surface area contributed by atoms with Crippen molar-refractivity contribution in [3.05, 3.63) is 83.6 Å². The zero-order chi connectivity index (χ0) is 25.7. The third-order valence-electron chi connectivity index (χ3n) is 6.66. The van der Waals surface area contributed by atoms with Gasteiger partial charge in [-0.05, 0) is 30.3 Å². The number of rotatable bonds is 5. The predicted octanol–water partition coefficient (Wildman–Crippen LogP) is 4.54. The van der Waals surface area contributed by atoms with Crippen molar-refractivity contribution in [3.8, 4) is 23.0 Å². The highest BCUT2D eigenvalue weighted by molar-refractivity contribution is 6.52. The molecule has 0 bridgehead atoms. The Morgan fingerprint density at radius 1 is 0.973 bits per heavy atom. The molecule has 1 unspecified atom stereocenters. The van der Waals surface area contributed by atoms with E-state index in [-0.39, 0.29) is 17.9 Å². The van der Waals surface area contributed by atoms with Gasteiger partial charge >= 0.3 is 0 Å². The quantitative estimate of drug-likeness (QED) is 0.236. The number of H-pyrrole nitrogens is 1. The summed E-state index contributed by atoms with van der Waals surface area (Å²) in [5, 5.41) is 12.5. The van der Waals surface area contributed by atoms with E-state index in [0.29, 0.717) is 34.2 Å². The molecule has 2 aliphatic heterocycles. The molecule has 0 aliphatic carbocycles. The van der Waals surface area contributed by atoms with Crippen molar-refractivity contribution in [1.29, 1.82) is 0 Å². The first-order valence-corrected chi connectivity index (χ1v) is 11.5. The summed E-state index contributed by atoms with van der Waals surface area (Å²) in [7, 11) is 2.90. The third-order valence-corrected chi connectivity index (χ3v) is 6.66. The Morgan fingerprint density at radius 3 is 2.46 bits per heavy atom. The number of aromatic nitrogens is 1. The number of methoxy groups -OCH3 is 2. The van der Waals surface area contributed by atoms with E-state index in [9.17, 15) is 14.7 Å². The molecular formula is C28H22N2O7. The van der Waals surface area contributed by atoms with Crippen molar-refractivity contribution in [2.45, 2.75) is 6.04 Å². The Labute approximate surface area is 211 Å². The molecule has 3 heterocycles. The number of benzene rings is 3. The number of nitrogens with zero attached hydrogens (tertiary/aromatic N) is 1. The number of aliphatic hydroxyl groups is 1. The molecule has 2 aliphatic rings. The average molecular weight is 498 g/mol. The van der Waals surface area contributed by atoms with Crippen LogP contribution in [0.1, 0.15) is 17.2 Å². The van der Waals surface area contributed by atoms with Gasteiger partial charge in [0.05, 0.1) is 25.8 Å². The van der Waals surface area contributed by atoms with E-state index in [1.54, 1.807) is 42.6 Å². The largest absolute Gasteiger partial charge is 0.506 e. The van der Waals surface area contributed by atoms with Crippen molar-refractivity contribution in [3.63, 3.8) is 0 Å². The molecule has 0 spiro atoms. The van der Waals surface area contributed by atoms with Gasteiger partial charge in [0.15, 0.2) is 11.5 Å². The minimum atomic E-state index is -0.953. The van der Waals surface area contributed by atoms with Gasteiger partial charge in [0.2, 0.25) is 6.79 Å². The van der Waals surface area contributed by atoms with Crippen LogP contribution in [0.15, 0.2) is 72.4 Å². The number of nitrogens with one attached hydrogen (secondary N) is 1. The average Bonchev–Trinajstić information content (AvgIpc) is 3.63. The van der Waals surface area contributed by atoms with Crippen molar-refractivity contribution in [1.82, 2.24) is 4.98 Å². The number of ether oxygens (including phenoxy) is 4. The summed E-state index contributed by atoms with van der Waals surface area (Å²) in [6, 6.07) is 16.6. The molecule has 1 atom stereocenters. The Hall–Kier alpha value is -4.92. The molecule has 9 heteroatoms. The van der Waals surface area contributed by atoms with Crippen molar-refractivity contribution in [2.75, 3.05) is 25.9 Å². The number of amides is 1. The monoisotopic (exact) mass is 498 g/mol. The topological polar surface area (TPSA) is 110 Å². The molecule has 37 heavy (non-hydrogen) atoms. The molecule has 4 aromatic rings. The number of aliphatic hydroxyl groups excluding tert-OH is 1. The fourth-order valence-electron chi connectivity index (χ4n) is 4.97. The van der Waals surface area contributed by atoms with E-state index < -0.39 is 23.5 Å². The zero-order valence-electron chi connectivity index (χ0n) is 20.0. The first-order valence-electron chi connectivity index (χ1n) is 11.5. The van der Waals surface area contributed by atoms with E-state index in [0.717, 1.165) is 10.9 Å². The molecule has 0 saturated carbocycles. The molecule has 1 aromatic heterocycles. The summed E-state index contributed by atoms with van der Waals surface area (Å²) in [6.45, 7) is 0.0665. The zero-order valence-corrected chi connectivity index (χ0v) is 20.0. The van der Waals surface area contributed by atoms with Crippen molar-refractivity contribution in [2.24, 2.45) is 0 Å². The maximum atomic E-state index is 13.6. The van der Waals surface area contributed by atoms with Gasteiger partial charge in [-0.25, -0.2) is 0 Å². The number of anilines is 1. The molecule has 186 valence electrons. The lowest BCUT2D eigenvalue weighted by Crippen LogP contribution is -2.29. The second kappa shape index (κ2) is 8.63. The normalized spacial score (nSPS) is 18.0. The van der Waals surface area contributed by atoms with E-state index >= 15 is 0 Å². The number of carbonyl (C=O) groups is 2. The molecular weight excluding hydrogens is 476 g/mol. The second-order valence-corrected chi connectivity index (χ2v) is 8.53. The van der Waals surface area contributed by atoms with Crippen molar-refractivity contribution < 1.29 is 33.6 Å². The van der Waals surface area contributed by atoms with Gasteiger partial charge in [0, 0.05) is 34.4 Å². The van der Waals surface area contributed by atoms with Crippen molar-refractivity contribution >= 4 is 34.0 Å². The van der Waals surface area contributed by atoms with Gasteiger partial charge in [-0.2, -0.15) is 0 Å². The smallest absolute Gasteiger partial charge is 0.300 e. The van der Waals surface area contributed by atoms with Crippen LogP contribution in [0.4, 0.5) is 5.69 Å². The molecule has 1 saturated heterocycles. The van der Waals surface area contributed by atoms with Crippen LogP contribution in [-0.4, -0.2) is 42.8 Å². The Kier molecular flexibility index (Phi) is 5.26. The van der Waals surface area contributed by atoms with Crippen LogP contribution in [0.5, 0.6) is 23.0 Å². The fourth-order valence-corrected chi connectivity index (χ4v) is 4.97. The van der Waals surface area contributed by atoms with Crippen LogP contribution >= 0.6 is 0 Å². The fraction of sp³-hybridized carbons (Fsp3) is 0.143. The maximum absolute atomic E-state index is 13.6. The summed E-state index contributed by atoms with van der Waals surface area (Å²) in [6.07, 6.45) is 1.74. The van der Waals surface area contributed by atoms with E-state index in [4.69, 9.17) is 18.9 Å². The summed E-state index contributed by atoms with van der Waals surface area (Å²) in [4.78, 5) is 31.8. The number of hydrogen-bond acceptors (Lipinski definition) is 7. The minimum Gasteiger partial charge on any atom is -0.506 e. The van der Waals surface area contributed by atoms with E-state index in [1.165, 1.54) is 19.1 Å². The highest BCUT2D eigenvalue weighted by atomic mass is 16.7. The Balaban J connectivity index is 1.63.